The third kappa shape index (κ3) is 3.61. The van der Waals surface area contributed by atoms with Crippen molar-refractivity contribution in [3.63, 3.8) is 0 Å². The van der Waals surface area contributed by atoms with E-state index in [1.54, 1.807) is 0 Å². The first-order chi connectivity index (χ1) is 12.3. The number of nitrogens with zero attached hydrogens (tertiary/aromatic N) is 1. The van der Waals surface area contributed by atoms with Crippen LogP contribution in [0.1, 0.15) is 42.3 Å². The maximum Gasteiger partial charge on any atom is 0.345 e. The molecule has 0 amide bonds. The summed E-state index contributed by atoms with van der Waals surface area (Å²) in [5.74, 6) is -0.252. The van der Waals surface area contributed by atoms with Crippen LogP contribution in [0.2, 0.25) is 0 Å². The zero-order valence-corrected chi connectivity index (χ0v) is 14.8. The van der Waals surface area contributed by atoms with Crippen LogP contribution in [0.4, 0.5) is 5.69 Å². The van der Waals surface area contributed by atoms with Crippen molar-refractivity contribution in [2.75, 3.05) is 6.79 Å². The highest BCUT2D eigenvalue weighted by Gasteiger charge is 2.28. The number of hydrogen-bond donors (Lipinski definition) is 0. The molecule has 0 unspecified atom stereocenters. The fourth-order valence-electron chi connectivity index (χ4n) is 2.57. The van der Waals surface area contributed by atoms with Gasteiger partial charge >= 0.3 is 5.97 Å². The number of nitro groups is 1. The highest BCUT2D eigenvalue weighted by molar-refractivity contribution is 5.95. The van der Waals surface area contributed by atoms with Gasteiger partial charge in [-0.15, -0.1) is 0 Å². The molecule has 136 valence electrons. The summed E-state index contributed by atoms with van der Waals surface area (Å²) in [6.45, 7) is 6.32. The lowest BCUT2D eigenvalue weighted by molar-refractivity contribution is -0.385. The Morgan fingerprint density at radius 2 is 1.77 bits per heavy atom. The Hall–Kier alpha value is -3.09. The highest BCUT2D eigenvalue weighted by Crippen LogP contribution is 2.38. The number of carbonyl (C=O) groups is 1. The van der Waals surface area contributed by atoms with E-state index in [1.165, 1.54) is 17.7 Å². The van der Waals surface area contributed by atoms with E-state index < -0.39 is 10.9 Å². The van der Waals surface area contributed by atoms with Gasteiger partial charge < -0.3 is 14.2 Å². The maximum absolute atomic E-state index is 12.3. The molecule has 0 spiro atoms. The first-order valence-electron chi connectivity index (χ1n) is 8.10. The summed E-state index contributed by atoms with van der Waals surface area (Å²) < 4.78 is 15.5. The molecule has 0 aliphatic carbocycles. The maximum atomic E-state index is 12.3. The van der Waals surface area contributed by atoms with E-state index in [-0.39, 0.29) is 41.6 Å². The monoisotopic (exact) mass is 357 g/mol. The van der Waals surface area contributed by atoms with Crippen molar-refractivity contribution < 1.29 is 23.9 Å². The number of esters is 1. The number of carbonyl (C=O) groups excluding carboxylic acids is 1. The minimum absolute atomic E-state index is 0.0227. The smallest absolute Gasteiger partial charge is 0.345 e. The van der Waals surface area contributed by atoms with Crippen molar-refractivity contribution in [1.82, 2.24) is 0 Å². The van der Waals surface area contributed by atoms with Crippen LogP contribution in [0.5, 0.6) is 11.5 Å². The van der Waals surface area contributed by atoms with Crippen LogP contribution in [-0.4, -0.2) is 17.7 Å². The van der Waals surface area contributed by atoms with Crippen LogP contribution in [0, 0.1) is 10.1 Å². The molecule has 7 heteroatoms. The van der Waals surface area contributed by atoms with E-state index >= 15 is 0 Å². The van der Waals surface area contributed by atoms with Gasteiger partial charge in [0.15, 0.2) is 11.5 Å². The lowest BCUT2D eigenvalue weighted by atomic mass is 9.87. The average Bonchev–Trinajstić information content (AvgIpc) is 3.05. The minimum atomic E-state index is -0.783. The quantitative estimate of drug-likeness (QED) is 0.467. The van der Waals surface area contributed by atoms with E-state index in [1.807, 2.05) is 24.3 Å². The Labute approximate surface area is 150 Å². The van der Waals surface area contributed by atoms with Gasteiger partial charge in [0.25, 0.3) is 5.69 Å². The standard InChI is InChI=1S/C19H19NO6/c1-19(2,3)13-6-4-12(5-7-13)10-24-18(21)14-8-16-17(26-11-25-16)9-15(14)20(22)23/h4-9H,10-11H2,1-3H3. The second-order valence-electron chi connectivity index (χ2n) is 7.00. The van der Waals surface area contributed by atoms with Gasteiger partial charge in [-0.1, -0.05) is 45.0 Å². The molecule has 7 nitrogen and oxygen atoms in total. The number of hydrogen-bond acceptors (Lipinski definition) is 6. The zero-order chi connectivity index (χ0) is 18.9. The second-order valence-corrected chi connectivity index (χ2v) is 7.00. The van der Waals surface area contributed by atoms with Crippen molar-refractivity contribution in [2.45, 2.75) is 32.8 Å². The van der Waals surface area contributed by atoms with Crippen molar-refractivity contribution in [3.05, 3.63) is 63.2 Å². The first-order valence-corrected chi connectivity index (χ1v) is 8.10. The second kappa shape index (κ2) is 6.67. The Morgan fingerprint density at radius 1 is 1.15 bits per heavy atom. The molecule has 0 radical (unpaired) electrons. The van der Waals surface area contributed by atoms with Gasteiger partial charge in [-0.25, -0.2) is 4.79 Å². The third-order valence-electron chi connectivity index (χ3n) is 4.10. The van der Waals surface area contributed by atoms with Crippen molar-refractivity contribution in [2.24, 2.45) is 0 Å². The minimum Gasteiger partial charge on any atom is -0.457 e. The zero-order valence-electron chi connectivity index (χ0n) is 14.8. The van der Waals surface area contributed by atoms with Crippen LogP contribution in [0.25, 0.3) is 0 Å². The Morgan fingerprint density at radius 3 is 2.35 bits per heavy atom. The van der Waals surface area contributed by atoms with Crippen LogP contribution in [0.3, 0.4) is 0 Å². The van der Waals surface area contributed by atoms with Crippen molar-refractivity contribution in [1.29, 1.82) is 0 Å². The third-order valence-corrected chi connectivity index (χ3v) is 4.10. The number of nitro benzene ring substituents is 1. The summed E-state index contributed by atoms with van der Waals surface area (Å²) in [5, 5.41) is 11.2. The molecule has 0 N–H and O–H groups in total. The number of fused-ring (bicyclic) bond motifs is 1. The van der Waals surface area contributed by atoms with E-state index in [0.29, 0.717) is 0 Å². The van der Waals surface area contributed by atoms with Gasteiger partial charge in [0.2, 0.25) is 6.79 Å². The Balaban J connectivity index is 1.75. The van der Waals surface area contributed by atoms with E-state index in [2.05, 4.69) is 20.8 Å². The normalized spacial score (nSPS) is 12.7. The van der Waals surface area contributed by atoms with Gasteiger partial charge in [0, 0.05) is 6.07 Å². The molecule has 0 saturated heterocycles. The molecule has 1 aliphatic rings. The van der Waals surface area contributed by atoms with E-state index in [4.69, 9.17) is 14.2 Å². The Bertz CT molecular complexity index is 852. The number of ether oxygens (including phenoxy) is 3. The molecule has 0 atom stereocenters. The average molecular weight is 357 g/mol. The molecule has 0 bridgehead atoms. The molecule has 1 aliphatic heterocycles. The molecular weight excluding hydrogens is 338 g/mol. The van der Waals surface area contributed by atoms with Crippen LogP contribution >= 0.6 is 0 Å². The SMILES string of the molecule is CC(C)(C)c1ccc(COC(=O)c2cc3c(cc2[N+](=O)[O-])OCO3)cc1. The molecule has 26 heavy (non-hydrogen) atoms. The molecule has 0 fully saturated rings. The van der Waals surface area contributed by atoms with Crippen LogP contribution in [-0.2, 0) is 16.8 Å². The molecule has 2 aromatic rings. The van der Waals surface area contributed by atoms with E-state index in [0.717, 1.165) is 5.56 Å². The highest BCUT2D eigenvalue weighted by atomic mass is 16.7. The van der Waals surface area contributed by atoms with Crippen molar-refractivity contribution >= 4 is 11.7 Å². The molecule has 2 aromatic carbocycles. The summed E-state index contributed by atoms with van der Waals surface area (Å²) in [6.07, 6.45) is 0. The first kappa shape index (κ1) is 17.7. The topological polar surface area (TPSA) is 87.9 Å². The van der Waals surface area contributed by atoms with Gasteiger partial charge in [-0.2, -0.15) is 0 Å². The largest absolute Gasteiger partial charge is 0.457 e. The molecule has 1 heterocycles. The fraction of sp³-hybridized carbons (Fsp3) is 0.316. The fourth-order valence-corrected chi connectivity index (χ4v) is 2.57. The number of rotatable bonds is 4. The van der Waals surface area contributed by atoms with Gasteiger partial charge in [0.05, 0.1) is 11.0 Å². The Kier molecular flexibility index (Phi) is 4.54. The lowest BCUT2D eigenvalue weighted by Crippen LogP contribution is -2.11. The molecule has 0 aromatic heterocycles. The molecule has 0 saturated carbocycles. The van der Waals surface area contributed by atoms with Gasteiger partial charge in [-0.05, 0) is 16.5 Å². The van der Waals surface area contributed by atoms with Gasteiger partial charge in [0.1, 0.15) is 12.2 Å². The van der Waals surface area contributed by atoms with Crippen molar-refractivity contribution in [3.8, 4) is 11.5 Å². The lowest BCUT2D eigenvalue weighted by Gasteiger charge is -2.19. The van der Waals surface area contributed by atoms with Crippen LogP contribution in [0.15, 0.2) is 36.4 Å². The number of benzene rings is 2. The molecule has 3 rings (SSSR count). The summed E-state index contributed by atoms with van der Waals surface area (Å²) in [5.41, 5.74) is 1.46. The van der Waals surface area contributed by atoms with Crippen LogP contribution < -0.4 is 9.47 Å². The summed E-state index contributed by atoms with van der Waals surface area (Å²) in [7, 11) is 0. The predicted octanol–water partition coefficient (Wildman–Crippen LogP) is 3.98. The summed E-state index contributed by atoms with van der Waals surface area (Å²) >= 11 is 0. The summed E-state index contributed by atoms with van der Waals surface area (Å²) in [6, 6.07) is 10.2. The molecular formula is C19H19NO6. The van der Waals surface area contributed by atoms with E-state index in [9.17, 15) is 14.9 Å². The summed E-state index contributed by atoms with van der Waals surface area (Å²) in [4.78, 5) is 22.9. The van der Waals surface area contributed by atoms with Gasteiger partial charge in [-0.3, -0.25) is 10.1 Å². The predicted molar refractivity (Wildman–Crippen MR) is 93.5 cm³/mol.